The third-order valence-corrected chi connectivity index (χ3v) is 4.71. The van der Waals surface area contributed by atoms with Gasteiger partial charge in [-0.3, -0.25) is 9.59 Å². The van der Waals surface area contributed by atoms with E-state index in [4.69, 9.17) is 10.5 Å². The molecule has 0 saturated heterocycles. The van der Waals surface area contributed by atoms with Gasteiger partial charge in [0.1, 0.15) is 21.6 Å². The van der Waals surface area contributed by atoms with Crippen LogP contribution in [0.2, 0.25) is 0 Å². The molecule has 3 rings (SSSR count). The zero-order valence-corrected chi connectivity index (χ0v) is 18.7. The summed E-state index contributed by atoms with van der Waals surface area (Å²) in [6, 6.07) is 10.1. The summed E-state index contributed by atoms with van der Waals surface area (Å²) in [5.74, 6) is -1.55. The van der Waals surface area contributed by atoms with Gasteiger partial charge in [-0.1, -0.05) is 18.2 Å². The summed E-state index contributed by atoms with van der Waals surface area (Å²) in [6.07, 6.45) is 0. The summed E-state index contributed by atoms with van der Waals surface area (Å²) in [5, 5.41) is 12.5. The fraction of sp³-hybridized carbons (Fsp3) is 0.118. The van der Waals surface area contributed by atoms with Crippen molar-refractivity contribution in [2.75, 3.05) is 12.1 Å². The Kier molecular flexibility index (Phi) is 7.44. The van der Waals surface area contributed by atoms with Crippen LogP contribution >= 0.6 is 0 Å². The van der Waals surface area contributed by atoms with E-state index >= 15 is 0 Å². The number of hydrogen-bond acceptors (Lipinski definition) is 9. The largest absolute Gasteiger partial charge is 1.00 e. The Balaban J connectivity index is 0.00000320. The van der Waals surface area contributed by atoms with Gasteiger partial charge in [0.05, 0.1) is 17.7 Å². The van der Waals surface area contributed by atoms with Gasteiger partial charge in [-0.05, 0) is 30.3 Å². The van der Waals surface area contributed by atoms with Gasteiger partial charge >= 0.3 is 29.6 Å². The molecule has 0 aromatic heterocycles. The number of methoxy groups -OCH3 is 1. The summed E-state index contributed by atoms with van der Waals surface area (Å²) >= 11 is 0. The molecule has 0 bridgehead atoms. The van der Waals surface area contributed by atoms with Crippen LogP contribution in [0, 0.1) is 0 Å². The summed E-state index contributed by atoms with van der Waals surface area (Å²) in [4.78, 5) is 23.9. The van der Waals surface area contributed by atoms with Crippen LogP contribution in [0.1, 0.15) is 0 Å². The Bertz CT molecular complexity index is 1140. The van der Waals surface area contributed by atoms with Crippen molar-refractivity contribution >= 4 is 39.0 Å². The van der Waals surface area contributed by atoms with Crippen LogP contribution in [-0.4, -0.2) is 43.6 Å². The van der Waals surface area contributed by atoms with Crippen LogP contribution in [0.4, 0.5) is 11.4 Å². The van der Waals surface area contributed by atoms with E-state index in [1.165, 1.54) is 13.2 Å². The fourth-order valence-corrected chi connectivity index (χ4v) is 3.00. The van der Waals surface area contributed by atoms with Crippen molar-refractivity contribution in [3.63, 3.8) is 0 Å². The van der Waals surface area contributed by atoms with Crippen LogP contribution in [0.5, 0.6) is 5.75 Å². The second-order valence-corrected chi connectivity index (χ2v) is 7.12. The molecule has 1 aliphatic rings. The second-order valence-electron chi connectivity index (χ2n) is 5.74. The SMILES string of the molecule is COc1ccc(S(=O)(=O)[O-])cc1N=NC1C(=O)N(c2ccccc2)N=C1C(N)=O.[Na+]. The number of benzene rings is 2. The van der Waals surface area contributed by atoms with Gasteiger partial charge in [0.2, 0.25) is 6.04 Å². The van der Waals surface area contributed by atoms with Crippen molar-refractivity contribution in [1.82, 2.24) is 0 Å². The summed E-state index contributed by atoms with van der Waals surface area (Å²) in [7, 11) is -3.45. The van der Waals surface area contributed by atoms with E-state index in [0.29, 0.717) is 5.69 Å². The molecule has 0 spiro atoms. The van der Waals surface area contributed by atoms with Crippen molar-refractivity contribution in [3.8, 4) is 5.75 Å². The molecule has 1 heterocycles. The molecule has 30 heavy (non-hydrogen) atoms. The Morgan fingerprint density at radius 1 is 1.23 bits per heavy atom. The molecular weight excluding hydrogens is 425 g/mol. The number of para-hydroxylation sites is 1. The first-order chi connectivity index (χ1) is 13.7. The maximum atomic E-state index is 12.7. The molecule has 2 aromatic carbocycles. The molecule has 2 aromatic rings. The molecule has 11 nitrogen and oxygen atoms in total. The van der Waals surface area contributed by atoms with E-state index in [-0.39, 0.29) is 46.7 Å². The monoisotopic (exact) mass is 439 g/mol. The van der Waals surface area contributed by atoms with Crippen LogP contribution in [0.15, 0.2) is 68.8 Å². The normalized spacial score (nSPS) is 16.3. The van der Waals surface area contributed by atoms with Crippen molar-refractivity contribution in [3.05, 3.63) is 48.5 Å². The molecule has 2 N–H and O–H groups in total. The van der Waals surface area contributed by atoms with Crippen LogP contribution < -0.4 is 45.0 Å². The number of hydrazone groups is 1. The minimum atomic E-state index is -4.75. The van der Waals surface area contributed by atoms with Gasteiger partial charge in [-0.25, -0.2) is 8.42 Å². The minimum absolute atomic E-state index is 0. The topological polar surface area (TPSA) is 167 Å². The predicted molar refractivity (Wildman–Crippen MR) is 99.8 cm³/mol. The maximum absolute atomic E-state index is 12.7. The summed E-state index contributed by atoms with van der Waals surface area (Å²) < 4.78 is 38.7. The zero-order valence-electron chi connectivity index (χ0n) is 15.9. The van der Waals surface area contributed by atoms with Crippen molar-refractivity contribution in [2.24, 2.45) is 21.1 Å². The quantitative estimate of drug-likeness (QED) is 0.309. The van der Waals surface area contributed by atoms with Gasteiger partial charge in [0.15, 0.2) is 5.71 Å². The number of anilines is 1. The molecule has 1 unspecified atom stereocenters. The van der Waals surface area contributed by atoms with Crippen LogP contribution in [0.3, 0.4) is 0 Å². The standard InChI is InChI=1S/C17H15N5O6S.Na/c1-28-13-8-7-11(29(25,26)27)9-12(13)19-20-15-14(16(18)23)21-22(17(15)24)10-5-3-2-4-6-10;/h2-9,15H,1H3,(H2,18,23)(H,25,26,27);/q;+1/p-1. The number of nitrogens with zero attached hydrogens (tertiary/aromatic N) is 4. The number of ether oxygens (including phenoxy) is 1. The maximum Gasteiger partial charge on any atom is 1.00 e. The van der Waals surface area contributed by atoms with E-state index < -0.39 is 32.9 Å². The Hall–Kier alpha value is -2.64. The summed E-state index contributed by atoms with van der Waals surface area (Å²) in [6.45, 7) is 0. The van der Waals surface area contributed by atoms with Gasteiger partial charge in [-0.2, -0.15) is 20.3 Å². The van der Waals surface area contributed by atoms with Crippen LogP contribution in [0.25, 0.3) is 0 Å². The third-order valence-electron chi connectivity index (χ3n) is 3.88. The number of nitrogens with two attached hydrogens (primary N) is 1. The van der Waals surface area contributed by atoms with Crippen molar-refractivity contribution in [2.45, 2.75) is 10.9 Å². The van der Waals surface area contributed by atoms with Crippen LogP contribution in [-0.2, 0) is 19.7 Å². The first-order valence-corrected chi connectivity index (χ1v) is 9.45. The molecule has 0 radical (unpaired) electrons. The molecule has 1 aliphatic heterocycles. The zero-order chi connectivity index (χ0) is 21.2. The smallest absolute Gasteiger partial charge is 0.744 e. The van der Waals surface area contributed by atoms with E-state index in [9.17, 15) is 22.6 Å². The third kappa shape index (κ3) is 4.91. The molecule has 0 saturated carbocycles. The Morgan fingerprint density at radius 2 is 1.90 bits per heavy atom. The van der Waals surface area contributed by atoms with Gasteiger partial charge < -0.3 is 15.0 Å². The predicted octanol–water partition coefficient (Wildman–Crippen LogP) is -2.06. The minimum Gasteiger partial charge on any atom is -0.744 e. The van der Waals surface area contributed by atoms with E-state index in [1.54, 1.807) is 30.3 Å². The first kappa shape index (κ1) is 23.6. The second kappa shape index (κ2) is 9.45. The van der Waals surface area contributed by atoms with Gasteiger partial charge in [0, 0.05) is 0 Å². The van der Waals surface area contributed by atoms with E-state index in [0.717, 1.165) is 17.1 Å². The summed E-state index contributed by atoms with van der Waals surface area (Å²) in [5.41, 5.74) is 5.23. The molecular formula is C17H14N5NaO6S. The number of carbonyl (C=O) groups excluding carboxylic acids is 2. The van der Waals surface area contributed by atoms with Crippen molar-refractivity contribution < 1.29 is 56.9 Å². The van der Waals surface area contributed by atoms with Gasteiger partial charge in [-0.15, -0.1) is 0 Å². The average molecular weight is 439 g/mol. The number of hydrogen-bond donors (Lipinski definition) is 1. The molecule has 13 heteroatoms. The number of amides is 2. The van der Waals surface area contributed by atoms with E-state index in [1.807, 2.05) is 0 Å². The molecule has 0 aliphatic carbocycles. The molecule has 150 valence electrons. The number of rotatable bonds is 6. The molecule has 0 fully saturated rings. The molecule has 1 atom stereocenters. The fourth-order valence-electron chi connectivity index (χ4n) is 2.51. The van der Waals surface area contributed by atoms with Gasteiger partial charge in [0.25, 0.3) is 11.8 Å². The Labute approximate surface area is 193 Å². The molecule has 2 amide bonds. The Morgan fingerprint density at radius 3 is 2.47 bits per heavy atom. The average Bonchev–Trinajstić information content (AvgIpc) is 3.02. The number of primary amides is 1. The number of carbonyl (C=O) groups is 2. The van der Waals surface area contributed by atoms with Crippen molar-refractivity contribution in [1.29, 1.82) is 0 Å². The number of azo groups is 1. The first-order valence-electron chi connectivity index (χ1n) is 8.04. The van der Waals surface area contributed by atoms with E-state index in [2.05, 4.69) is 15.3 Å².